The molecule has 3 atom stereocenters. The fourth-order valence-corrected chi connectivity index (χ4v) is 2.20. The molecule has 4 nitrogen and oxygen atoms in total. The van der Waals surface area contributed by atoms with Gasteiger partial charge in [-0.15, -0.1) is 0 Å². The van der Waals surface area contributed by atoms with E-state index in [-0.39, 0.29) is 24.1 Å². The number of hydrogen-bond acceptors (Lipinski definition) is 3. The van der Waals surface area contributed by atoms with Gasteiger partial charge in [0.1, 0.15) is 0 Å². The second-order valence-electron chi connectivity index (χ2n) is 4.63. The lowest BCUT2D eigenvalue weighted by atomic mass is 10.1. The molecule has 4 heteroatoms. The summed E-state index contributed by atoms with van der Waals surface area (Å²) in [5.74, 6) is 0.0517. The van der Waals surface area contributed by atoms with E-state index in [1.807, 2.05) is 14.0 Å². The summed E-state index contributed by atoms with van der Waals surface area (Å²) in [6, 6.07) is -0.155. The Kier molecular flexibility index (Phi) is 5.22. The molecule has 1 aliphatic heterocycles. The molecule has 1 rings (SSSR count). The van der Waals surface area contributed by atoms with Gasteiger partial charge in [0.15, 0.2) is 0 Å². The van der Waals surface area contributed by atoms with E-state index in [4.69, 9.17) is 10.5 Å². The van der Waals surface area contributed by atoms with Gasteiger partial charge < -0.3 is 15.4 Å². The largest absolute Gasteiger partial charge is 0.376 e. The highest BCUT2D eigenvalue weighted by Crippen LogP contribution is 2.19. The van der Waals surface area contributed by atoms with Crippen LogP contribution in [-0.4, -0.2) is 42.6 Å². The lowest BCUT2D eigenvalue weighted by molar-refractivity contribution is -0.134. The van der Waals surface area contributed by atoms with Crippen LogP contribution in [0.15, 0.2) is 0 Å². The van der Waals surface area contributed by atoms with Crippen molar-refractivity contribution in [2.75, 3.05) is 13.7 Å². The summed E-state index contributed by atoms with van der Waals surface area (Å²) in [5, 5.41) is 0. The van der Waals surface area contributed by atoms with Gasteiger partial charge in [0.25, 0.3) is 0 Å². The zero-order chi connectivity index (χ0) is 12.1. The van der Waals surface area contributed by atoms with Crippen LogP contribution in [0.3, 0.4) is 0 Å². The number of unbranched alkanes of at least 4 members (excludes halogenated alkanes) is 1. The summed E-state index contributed by atoms with van der Waals surface area (Å²) in [6.07, 6.45) is 3.92. The highest BCUT2D eigenvalue weighted by Gasteiger charge is 2.32. The molecule has 1 heterocycles. The normalized spacial score (nSPS) is 26.8. The maximum absolute atomic E-state index is 12.0. The fraction of sp³-hybridized carbons (Fsp3) is 0.917. The number of hydrogen-bond donors (Lipinski definition) is 1. The summed E-state index contributed by atoms with van der Waals surface area (Å²) >= 11 is 0. The number of likely N-dealkylation sites (N-methyl/N-ethyl adjacent to an activating group) is 1. The molecule has 2 N–H and O–H groups in total. The van der Waals surface area contributed by atoms with E-state index < -0.39 is 0 Å². The molecular formula is C12H24N2O2. The van der Waals surface area contributed by atoms with Crippen molar-refractivity contribution < 1.29 is 9.53 Å². The van der Waals surface area contributed by atoms with Crippen molar-refractivity contribution in [2.24, 2.45) is 5.73 Å². The zero-order valence-corrected chi connectivity index (χ0v) is 10.6. The van der Waals surface area contributed by atoms with E-state index in [2.05, 4.69) is 6.92 Å². The molecule has 0 spiro atoms. The molecule has 0 aromatic carbocycles. The van der Waals surface area contributed by atoms with Crippen LogP contribution in [-0.2, 0) is 9.53 Å². The van der Waals surface area contributed by atoms with E-state index in [0.717, 1.165) is 32.3 Å². The molecule has 94 valence electrons. The van der Waals surface area contributed by atoms with Crippen molar-refractivity contribution in [3.63, 3.8) is 0 Å². The SMILES string of the molecule is CCCCC(N)C(=O)N(C)C1CCOC1C. The third-order valence-electron chi connectivity index (χ3n) is 3.37. The van der Waals surface area contributed by atoms with Crippen LogP contribution in [0, 0.1) is 0 Å². The van der Waals surface area contributed by atoms with Gasteiger partial charge in [-0.3, -0.25) is 4.79 Å². The van der Waals surface area contributed by atoms with Crippen LogP contribution in [0.4, 0.5) is 0 Å². The number of nitrogens with zero attached hydrogens (tertiary/aromatic N) is 1. The van der Waals surface area contributed by atoms with Gasteiger partial charge in [-0.2, -0.15) is 0 Å². The van der Waals surface area contributed by atoms with Crippen molar-refractivity contribution in [3.8, 4) is 0 Å². The van der Waals surface area contributed by atoms with Crippen molar-refractivity contribution in [3.05, 3.63) is 0 Å². The Hall–Kier alpha value is -0.610. The molecule has 1 saturated heterocycles. The Morgan fingerprint density at radius 2 is 2.31 bits per heavy atom. The average Bonchev–Trinajstić information content (AvgIpc) is 2.70. The van der Waals surface area contributed by atoms with Gasteiger partial charge in [0.05, 0.1) is 18.2 Å². The monoisotopic (exact) mass is 228 g/mol. The minimum absolute atomic E-state index is 0.0517. The highest BCUT2D eigenvalue weighted by molar-refractivity contribution is 5.81. The minimum atomic E-state index is -0.349. The first-order valence-electron chi connectivity index (χ1n) is 6.21. The molecule has 0 bridgehead atoms. The quantitative estimate of drug-likeness (QED) is 0.767. The van der Waals surface area contributed by atoms with Crippen molar-refractivity contribution >= 4 is 5.91 Å². The molecule has 0 aliphatic carbocycles. The molecule has 0 saturated carbocycles. The van der Waals surface area contributed by atoms with Gasteiger partial charge >= 0.3 is 0 Å². The minimum Gasteiger partial charge on any atom is -0.376 e. The summed E-state index contributed by atoms with van der Waals surface area (Å²) in [6.45, 7) is 4.86. The van der Waals surface area contributed by atoms with Gasteiger partial charge in [-0.05, 0) is 19.8 Å². The van der Waals surface area contributed by atoms with E-state index in [1.165, 1.54) is 0 Å². The molecule has 3 unspecified atom stereocenters. The predicted octanol–water partition coefficient (Wildman–Crippen LogP) is 1.14. The Bertz CT molecular complexity index is 233. The molecular weight excluding hydrogens is 204 g/mol. The van der Waals surface area contributed by atoms with Gasteiger partial charge in [0.2, 0.25) is 5.91 Å². The van der Waals surface area contributed by atoms with Crippen LogP contribution < -0.4 is 5.73 Å². The molecule has 16 heavy (non-hydrogen) atoms. The Morgan fingerprint density at radius 1 is 1.62 bits per heavy atom. The molecule has 0 radical (unpaired) electrons. The first kappa shape index (κ1) is 13.5. The summed E-state index contributed by atoms with van der Waals surface area (Å²) in [7, 11) is 1.84. The number of amides is 1. The smallest absolute Gasteiger partial charge is 0.239 e. The number of carbonyl (C=O) groups is 1. The Balaban J connectivity index is 2.45. The molecule has 1 amide bonds. The van der Waals surface area contributed by atoms with Gasteiger partial charge in [0, 0.05) is 13.7 Å². The molecule has 0 aromatic rings. The fourth-order valence-electron chi connectivity index (χ4n) is 2.20. The standard InChI is InChI=1S/C12H24N2O2/c1-4-5-6-10(13)12(15)14(3)11-7-8-16-9(11)2/h9-11H,4-8,13H2,1-3H3. The first-order valence-corrected chi connectivity index (χ1v) is 6.21. The first-order chi connectivity index (χ1) is 7.57. The Morgan fingerprint density at radius 3 is 2.81 bits per heavy atom. The maximum Gasteiger partial charge on any atom is 0.239 e. The summed E-state index contributed by atoms with van der Waals surface area (Å²) < 4.78 is 5.46. The third-order valence-corrected chi connectivity index (χ3v) is 3.37. The van der Waals surface area contributed by atoms with Gasteiger partial charge in [-0.25, -0.2) is 0 Å². The number of ether oxygens (including phenoxy) is 1. The van der Waals surface area contributed by atoms with E-state index >= 15 is 0 Å². The summed E-state index contributed by atoms with van der Waals surface area (Å²) in [5.41, 5.74) is 5.89. The lowest BCUT2D eigenvalue weighted by Crippen LogP contribution is -2.48. The topological polar surface area (TPSA) is 55.6 Å². The van der Waals surface area contributed by atoms with E-state index in [0.29, 0.717) is 0 Å². The highest BCUT2D eigenvalue weighted by atomic mass is 16.5. The Labute approximate surface area is 98.1 Å². The zero-order valence-electron chi connectivity index (χ0n) is 10.6. The number of nitrogens with two attached hydrogens (primary N) is 1. The second-order valence-corrected chi connectivity index (χ2v) is 4.63. The molecule has 0 aromatic heterocycles. The molecule has 1 fully saturated rings. The van der Waals surface area contributed by atoms with E-state index in [9.17, 15) is 4.79 Å². The van der Waals surface area contributed by atoms with Crippen LogP contribution in [0.5, 0.6) is 0 Å². The van der Waals surface area contributed by atoms with Crippen molar-refractivity contribution in [1.29, 1.82) is 0 Å². The second kappa shape index (κ2) is 6.21. The van der Waals surface area contributed by atoms with Crippen LogP contribution in [0.1, 0.15) is 39.5 Å². The number of carbonyl (C=O) groups excluding carboxylic acids is 1. The van der Waals surface area contributed by atoms with E-state index in [1.54, 1.807) is 4.90 Å². The van der Waals surface area contributed by atoms with Crippen molar-refractivity contribution in [1.82, 2.24) is 4.90 Å². The molecule has 1 aliphatic rings. The third kappa shape index (κ3) is 3.19. The van der Waals surface area contributed by atoms with Crippen LogP contribution in [0.25, 0.3) is 0 Å². The number of rotatable bonds is 5. The lowest BCUT2D eigenvalue weighted by Gasteiger charge is -2.29. The van der Waals surface area contributed by atoms with Gasteiger partial charge in [-0.1, -0.05) is 19.8 Å². The summed E-state index contributed by atoms with van der Waals surface area (Å²) in [4.78, 5) is 13.8. The van der Waals surface area contributed by atoms with Crippen LogP contribution >= 0.6 is 0 Å². The van der Waals surface area contributed by atoms with Crippen molar-refractivity contribution in [2.45, 2.75) is 57.7 Å². The predicted molar refractivity (Wildman–Crippen MR) is 64.1 cm³/mol. The average molecular weight is 228 g/mol. The van der Waals surface area contributed by atoms with Crippen LogP contribution in [0.2, 0.25) is 0 Å². The maximum atomic E-state index is 12.0.